The minimum Gasteiger partial charge on any atom is -0.460 e. The zero-order valence-corrected chi connectivity index (χ0v) is 11.5. The summed E-state index contributed by atoms with van der Waals surface area (Å²) in [6, 6.07) is 8.88. The topological polar surface area (TPSA) is 97.3 Å². The van der Waals surface area contributed by atoms with Crippen molar-refractivity contribution < 1.29 is 24.8 Å². The number of rotatable bonds is 3. The van der Waals surface area contributed by atoms with Crippen molar-refractivity contribution >= 4 is 11.0 Å². The first kappa shape index (κ1) is 14.5. The predicted octanol–water partition coefficient (Wildman–Crippen LogP) is -0.308. The summed E-state index contributed by atoms with van der Waals surface area (Å²) in [5.74, 6) is 0.686. The molecule has 21 heavy (non-hydrogen) atoms. The summed E-state index contributed by atoms with van der Waals surface area (Å²) in [4.78, 5) is 1.72. The first-order valence-electron chi connectivity index (χ1n) is 6.96. The van der Waals surface area contributed by atoms with E-state index in [1.54, 1.807) is 4.90 Å². The van der Waals surface area contributed by atoms with Crippen molar-refractivity contribution in [2.24, 2.45) is 0 Å². The number of hydrogen-bond acceptors (Lipinski definition) is 6. The van der Waals surface area contributed by atoms with Gasteiger partial charge in [-0.05, 0) is 12.1 Å². The average molecular weight is 293 g/mol. The molecule has 6 nitrogen and oxygen atoms in total. The van der Waals surface area contributed by atoms with Gasteiger partial charge in [0, 0.05) is 11.9 Å². The zero-order valence-electron chi connectivity index (χ0n) is 11.5. The van der Waals surface area contributed by atoms with Crippen LogP contribution in [-0.4, -0.2) is 62.8 Å². The zero-order chi connectivity index (χ0) is 15.0. The van der Waals surface area contributed by atoms with E-state index in [0.29, 0.717) is 12.3 Å². The Hall–Kier alpha value is -1.44. The lowest BCUT2D eigenvalue weighted by Gasteiger charge is -2.42. The molecule has 1 aliphatic heterocycles. The fourth-order valence-corrected chi connectivity index (χ4v) is 2.88. The summed E-state index contributed by atoms with van der Waals surface area (Å²) >= 11 is 0. The second kappa shape index (κ2) is 5.75. The van der Waals surface area contributed by atoms with E-state index in [2.05, 4.69) is 0 Å². The summed E-state index contributed by atoms with van der Waals surface area (Å²) in [7, 11) is 0. The van der Waals surface area contributed by atoms with Gasteiger partial charge in [0.1, 0.15) is 23.6 Å². The number of aliphatic hydroxyl groups is 4. The second-order valence-electron chi connectivity index (χ2n) is 5.48. The lowest BCUT2D eigenvalue weighted by atomic mass is 9.94. The van der Waals surface area contributed by atoms with E-state index in [-0.39, 0.29) is 13.2 Å². The van der Waals surface area contributed by atoms with Gasteiger partial charge < -0.3 is 24.8 Å². The molecule has 0 unspecified atom stereocenters. The molecule has 3 rings (SSSR count). The molecular formula is C15H19NO5. The number of benzene rings is 1. The van der Waals surface area contributed by atoms with Gasteiger partial charge in [0.15, 0.2) is 0 Å². The number of piperidine rings is 1. The number of furan rings is 1. The molecule has 2 heterocycles. The molecule has 1 aromatic heterocycles. The Morgan fingerprint density at radius 1 is 1.14 bits per heavy atom. The van der Waals surface area contributed by atoms with Crippen LogP contribution in [-0.2, 0) is 6.54 Å². The quantitative estimate of drug-likeness (QED) is 0.620. The van der Waals surface area contributed by atoms with Crippen molar-refractivity contribution in [3.63, 3.8) is 0 Å². The standard InChI is InChI=1S/C15H19NO5/c17-8-11-14(19)15(20)12(18)7-16(11)6-10-5-9-3-1-2-4-13(9)21-10/h1-5,11-12,14-15,17-20H,6-8H2/t11-,12+,14-,15-/m1/s1. The van der Waals surface area contributed by atoms with Crippen LogP contribution in [0.15, 0.2) is 34.7 Å². The van der Waals surface area contributed by atoms with E-state index >= 15 is 0 Å². The van der Waals surface area contributed by atoms with Gasteiger partial charge in [-0.1, -0.05) is 18.2 Å². The molecular weight excluding hydrogens is 274 g/mol. The summed E-state index contributed by atoms with van der Waals surface area (Å²) in [5, 5.41) is 39.8. The Bertz CT molecular complexity index is 580. The Morgan fingerprint density at radius 3 is 2.62 bits per heavy atom. The molecule has 1 saturated heterocycles. The maximum absolute atomic E-state index is 9.95. The van der Waals surface area contributed by atoms with Crippen LogP contribution >= 0.6 is 0 Å². The van der Waals surface area contributed by atoms with E-state index < -0.39 is 24.4 Å². The Balaban J connectivity index is 1.81. The Labute approximate surface area is 121 Å². The molecule has 0 aliphatic carbocycles. The van der Waals surface area contributed by atoms with Crippen LogP contribution in [0.2, 0.25) is 0 Å². The maximum Gasteiger partial charge on any atom is 0.134 e. The van der Waals surface area contributed by atoms with E-state index in [1.807, 2.05) is 30.3 Å². The third kappa shape index (κ3) is 2.68. The lowest BCUT2D eigenvalue weighted by Crippen LogP contribution is -2.62. The van der Waals surface area contributed by atoms with Crippen LogP contribution < -0.4 is 0 Å². The van der Waals surface area contributed by atoms with Crippen molar-refractivity contribution in [3.8, 4) is 0 Å². The largest absolute Gasteiger partial charge is 0.460 e. The number of aliphatic hydroxyl groups excluding tert-OH is 4. The second-order valence-corrected chi connectivity index (χ2v) is 5.48. The molecule has 0 saturated carbocycles. The van der Waals surface area contributed by atoms with Crippen molar-refractivity contribution in [1.82, 2.24) is 4.90 Å². The number of nitrogens with zero attached hydrogens (tertiary/aromatic N) is 1. The van der Waals surface area contributed by atoms with Gasteiger partial charge >= 0.3 is 0 Å². The highest BCUT2D eigenvalue weighted by Gasteiger charge is 2.41. The summed E-state index contributed by atoms with van der Waals surface area (Å²) < 4.78 is 5.71. The molecule has 114 valence electrons. The van der Waals surface area contributed by atoms with Gasteiger partial charge in [0.05, 0.1) is 25.3 Å². The molecule has 0 amide bonds. The highest BCUT2D eigenvalue weighted by Crippen LogP contribution is 2.24. The van der Waals surface area contributed by atoms with E-state index in [9.17, 15) is 20.4 Å². The molecule has 4 atom stereocenters. The third-order valence-corrected chi connectivity index (χ3v) is 4.05. The molecule has 1 fully saturated rings. The first-order chi connectivity index (χ1) is 10.1. The number of likely N-dealkylation sites (tertiary alicyclic amines) is 1. The van der Waals surface area contributed by atoms with E-state index in [1.165, 1.54) is 0 Å². The molecule has 2 aromatic rings. The van der Waals surface area contributed by atoms with Crippen LogP contribution in [0.4, 0.5) is 0 Å². The van der Waals surface area contributed by atoms with Crippen LogP contribution in [0.3, 0.4) is 0 Å². The van der Waals surface area contributed by atoms with Gasteiger partial charge in [0.2, 0.25) is 0 Å². The smallest absolute Gasteiger partial charge is 0.134 e. The van der Waals surface area contributed by atoms with Gasteiger partial charge in [-0.15, -0.1) is 0 Å². The van der Waals surface area contributed by atoms with Gasteiger partial charge in [-0.2, -0.15) is 0 Å². The molecule has 0 bridgehead atoms. The minimum atomic E-state index is -1.24. The molecule has 1 aliphatic rings. The Morgan fingerprint density at radius 2 is 1.90 bits per heavy atom. The van der Waals surface area contributed by atoms with Gasteiger partial charge in [-0.25, -0.2) is 0 Å². The van der Waals surface area contributed by atoms with Gasteiger partial charge in [-0.3, -0.25) is 4.90 Å². The van der Waals surface area contributed by atoms with Crippen molar-refractivity contribution in [2.75, 3.05) is 13.2 Å². The Kier molecular flexibility index (Phi) is 3.97. The molecule has 0 spiro atoms. The SMILES string of the molecule is OC[C@@H]1[C@@H](O)[C@H](O)[C@@H](O)CN1Cc1cc2ccccc2o1. The molecule has 1 aromatic carbocycles. The summed E-state index contributed by atoms with van der Waals surface area (Å²) in [6.07, 6.45) is -3.48. The van der Waals surface area contributed by atoms with Crippen molar-refractivity contribution in [3.05, 3.63) is 36.1 Å². The normalized spacial score (nSPS) is 30.9. The fourth-order valence-electron chi connectivity index (χ4n) is 2.88. The van der Waals surface area contributed by atoms with Crippen LogP contribution in [0.1, 0.15) is 5.76 Å². The highest BCUT2D eigenvalue weighted by atomic mass is 16.4. The summed E-state index contributed by atoms with van der Waals surface area (Å²) in [6.45, 7) is 0.215. The van der Waals surface area contributed by atoms with E-state index in [4.69, 9.17) is 4.42 Å². The lowest BCUT2D eigenvalue weighted by molar-refractivity contribution is -0.148. The number of β-amino-alcohol motifs (C(OH)–C–C–N with tert-alkyl or cyclic N) is 1. The summed E-state index contributed by atoms with van der Waals surface area (Å²) in [5.41, 5.74) is 0.770. The average Bonchev–Trinajstić information content (AvgIpc) is 2.87. The van der Waals surface area contributed by atoms with Crippen LogP contribution in [0.5, 0.6) is 0 Å². The minimum absolute atomic E-state index is 0.167. The molecule has 6 heteroatoms. The first-order valence-corrected chi connectivity index (χ1v) is 6.96. The molecule has 4 N–H and O–H groups in total. The monoisotopic (exact) mass is 293 g/mol. The van der Waals surface area contributed by atoms with Crippen molar-refractivity contribution in [2.45, 2.75) is 30.9 Å². The van der Waals surface area contributed by atoms with Crippen LogP contribution in [0, 0.1) is 0 Å². The van der Waals surface area contributed by atoms with Gasteiger partial charge in [0.25, 0.3) is 0 Å². The van der Waals surface area contributed by atoms with Crippen LogP contribution in [0.25, 0.3) is 11.0 Å². The molecule has 0 radical (unpaired) electrons. The third-order valence-electron chi connectivity index (χ3n) is 4.05. The number of para-hydroxylation sites is 1. The van der Waals surface area contributed by atoms with Crippen molar-refractivity contribution in [1.29, 1.82) is 0 Å². The predicted molar refractivity (Wildman–Crippen MR) is 75.5 cm³/mol. The fraction of sp³-hybridized carbons (Fsp3) is 0.467. The van der Waals surface area contributed by atoms with E-state index in [0.717, 1.165) is 11.0 Å². The number of fused-ring (bicyclic) bond motifs is 1. The maximum atomic E-state index is 9.95. The number of hydrogen-bond donors (Lipinski definition) is 4. The highest BCUT2D eigenvalue weighted by molar-refractivity contribution is 5.77.